The Hall–Kier alpha value is -0.530. The lowest BCUT2D eigenvalue weighted by Crippen LogP contribution is -2.49. The molecule has 0 spiro atoms. The summed E-state index contributed by atoms with van der Waals surface area (Å²) in [5.41, 5.74) is 4.50. The molecule has 0 radical (unpaired) electrons. The molecule has 3 rings (SSSR count). The highest BCUT2D eigenvalue weighted by molar-refractivity contribution is 5.50. The van der Waals surface area contributed by atoms with Gasteiger partial charge in [-0.3, -0.25) is 5.26 Å². The fourth-order valence-electron chi connectivity index (χ4n) is 4.95. The van der Waals surface area contributed by atoms with Crippen LogP contribution in [0, 0.1) is 29.6 Å². The monoisotopic (exact) mass is 373 g/mol. The van der Waals surface area contributed by atoms with Crippen molar-refractivity contribution in [3.63, 3.8) is 0 Å². The summed E-state index contributed by atoms with van der Waals surface area (Å²) in [6, 6.07) is 0. The van der Waals surface area contributed by atoms with E-state index in [1.807, 2.05) is 0 Å². The van der Waals surface area contributed by atoms with E-state index in [1.54, 1.807) is 0 Å². The summed E-state index contributed by atoms with van der Waals surface area (Å²) in [5.74, 6) is 3.30. The second kappa shape index (κ2) is 12.0. The maximum Gasteiger partial charge on any atom is 0.161 e. The number of rotatable bonds is 2. The third-order valence-corrected chi connectivity index (χ3v) is 6.44. The highest BCUT2D eigenvalue weighted by Crippen LogP contribution is 2.49. The Kier molecular flexibility index (Phi) is 10.9. The molecular weight excluding hydrogens is 334 g/mol. The SMILES string of the molecule is CC1CCC2CC3C(O1)OC(CC=O)C(C)C3CC[C@H]2C.CN.COO. The van der Waals surface area contributed by atoms with Gasteiger partial charge in [-0.2, -0.15) is 0 Å². The van der Waals surface area contributed by atoms with Gasteiger partial charge in [0.15, 0.2) is 6.29 Å². The van der Waals surface area contributed by atoms with Crippen molar-refractivity contribution in [2.24, 2.45) is 35.3 Å². The van der Waals surface area contributed by atoms with E-state index in [9.17, 15) is 4.79 Å². The van der Waals surface area contributed by atoms with Gasteiger partial charge >= 0.3 is 0 Å². The second-order valence-electron chi connectivity index (χ2n) is 7.89. The van der Waals surface area contributed by atoms with E-state index in [1.165, 1.54) is 39.8 Å². The molecule has 0 aromatic carbocycles. The van der Waals surface area contributed by atoms with Gasteiger partial charge in [-0.05, 0) is 63.3 Å². The van der Waals surface area contributed by atoms with Crippen LogP contribution in [0.5, 0.6) is 0 Å². The Morgan fingerprint density at radius 3 is 2.35 bits per heavy atom. The highest BCUT2D eigenvalue weighted by atomic mass is 17.1. The molecule has 6 nitrogen and oxygen atoms in total. The number of carbonyl (C=O) groups is 1. The molecule has 0 aromatic heterocycles. The van der Waals surface area contributed by atoms with Crippen LogP contribution in [0.2, 0.25) is 0 Å². The first kappa shape index (κ1) is 23.5. The van der Waals surface area contributed by atoms with Crippen LogP contribution in [0.1, 0.15) is 59.3 Å². The van der Waals surface area contributed by atoms with E-state index in [0.29, 0.717) is 24.2 Å². The zero-order chi connectivity index (χ0) is 19.7. The molecule has 0 amide bonds. The molecule has 26 heavy (non-hydrogen) atoms. The zero-order valence-electron chi connectivity index (χ0n) is 17.1. The molecule has 7 unspecified atom stereocenters. The van der Waals surface area contributed by atoms with E-state index in [-0.39, 0.29) is 18.5 Å². The molecule has 1 saturated carbocycles. The van der Waals surface area contributed by atoms with Gasteiger partial charge in [0.05, 0.1) is 19.3 Å². The number of nitrogens with two attached hydrogens (primary N) is 1. The smallest absolute Gasteiger partial charge is 0.161 e. The molecule has 1 aliphatic carbocycles. The van der Waals surface area contributed by atoms with E-state index >= 15 is 0 Å². The quantitative estimate of drug-likeness (QED) is 0.437. The van der Waals surface area contributed by atoms with E-state index in [0.717, 1.165) is 24.5 Å². The average Bonchev–Trinajstić information content (AvgIpc) is 2.79. The lowest BCUT2D eigenvalue weighted by molar-refractivity contribution is -0.273. The third kappa shape index (κ3) is 5.99. The van der Waals surface area contributed by atoms with Crippen molar-refractivity contribution in [2.45, 2.75) is 77.8 Å². The molecule has 2 heterocycles. The number of hydrogen-bond donors (Lipinski definition) is 2. The van der Waals surface area contributed by atoms with Gasteiger partial charge in [0.2, 0.25) is 0 Å². The lowest BCUT2D eigenvalue weighted by Gasteiger charge is -2.47. The van der Waals surface area contributed by atoms with E-state index in [4.69, 9.17) is 14.7 Å². The third-order valence-electron chi connectivity index (χ3n) is 6.44. The van der Waals surface area contributed by atoms with Crippen LogP contribution in [0.25, 0.3) is 0 Å². The Morgan fingerprint density at radius 1 is 1.08 bits per heavy atom. The van der Waals surface area contributed by atoms with Crippen molar-refractivity contribution in [3.8, 4) is 0 Å². The summed E-state index contributed by atoms with van der Waals surface area (Å²) in [5, 5.41) is 7.07. The van der Waals surface area contributed by atoms with Gasteiger partial charge in [-0.25, -0.2) is 4.89 Å². The van der Waals surface area contributed by atoms with Gasteiger partial charge in [0.1, 0.15) is 6.29 Å². The molecule has 2 saturated heterocycles. The molecule has 6 heteroatoms. The first-order valence-corrected chi connectivity index (χ1v) is 10.0. The van der Waals surface area contributed by atoms with Crippen molar-refractivity contribution in [2.75, 3.05) is 14.2 Å². The van der Waals surface area contributed by atoms with Crippen LogP contribution >= 0.6 is 0 Å². The zero-order valence-corrected chi connectivity index (χ0v) is 17.1. The van der Waals surface area contributed by atoms with Crippen molar-refractivity contribution < 1.29 is 24.4 Å². The Morgan fingerprint density at radius 2 is 1.73 bits per heavy atom. The topological polar surface area (TPSA) is 91.0 Å². The van der Waals surface area contributed by atoms with Crippen LogP contribution in [-0.4, -0.2) is 44.2 Å². The molecule has 154 valence electrons. The molecular formula is C20H39NO5. The van der Waals surface area contributed by atoms with Crippen molar-refractivity contribution in [1.29, 1.82) is 0 Å². The first-order valence-electron chi connectivity index (χ1n) is 10.0. The summed E-state index contributed by atoms with van der Waals surface area (Å²) in [4.78, 5) is 14.2. The molecule has 3 N–H and O–H groups in total. The van der Waals surface area contributed by atoms with Gasteiger partial charge in [0.25, 0.3) is 0 Å². The van der Waals surface area contributed by atoms with Crippen LogP contribution < -0.4 is 5.73 Å². The van der Waals surface area contributed by atoms with Gasteiger partial charge in [0, 0.05) is 12.3 Å². The Bertz CT molecular complexity index is 394. The van der Waals surface area contributed by atoms with Gasteiger partial charge in [-0.15, -0.1) is 0 Å². The predicted molar refractivity (Wildman–Crippen MR) is 102 cm³/mol. The van der Waals surface area contributed by atoms with E-state index in [2.05, 4.69) is 31.4 Å². The van der Waals surface area contributed by atoms with E-state index < -0.39 is 0 Å². The Balaban J connectivity index is 0.000000615. The molecule has 0 aromatic rings. The van der Waals surface area contributed by atoms with Crippen LogP contribution in [0.4, 0.5) is 0 Å². The first-order chi connectivity index (χ1) is 12.5. The minimum absolute atomic E-state index is 0.0484. The number of fused-ring (bicyclic) bond motifs is 1. The highest BCUT2D eigenvalue weighted by Gasteiger charge is 2.47. The molecule has 3 aliphatic rings. The fraction of sp³-hybridized carbons (Fsp3) is 0.950. The summed E-state index contributed by atoms with van der Waals surface area (Å²) in [6.07, 6.45) is 8.05. The fourth-order valence-corrected chi connectivity index (χ4v) is 4.95. The summed E-state index contributed by atoms with van der Waals surface area (Å²) in [7, 11) is 2.68. The van der Waals surface area contributed by atoms with Crippen LogP contribution in [0.3, 0.4) is 0 Å². The largest absolute Gasteiger partial charge is 0.349 e. The maximum absolute atomic E-state index is 11.0. The minimum Gasteiger partial charge on any atom is -0.349 e. The minimum atomic E-state index is -0.0840. The number of hydrogen-bond acceptors (Lipinski definition) is 6. The van der Waals surface area contributed by atoms with Crippen molar-refractivity contribution in [1.82, 2.24) is 0 Å². The number of ether oxygens (including phenoxy) is 2. The number of carbonyl (C=O) groups excluding carboxylic acids is 1. The van der Waals surface area contributed by atoms with Crippen LogP contribution in [0.15, 0.2) is 0 Å². The summed E-state index contributed by atoms with van der Waals surface area (Å²) in [6.45, 7) is 6.88. The predicted octanol–water partition coefficient (Wildman–Crippen LogP) is 3.48. The molecule has 8 atom stereocenters. The molecule has 3 fully saturated rings. The molecule has 2 aliphatic heterocycles. The second-order valence-corrected chi connectivity index (χ2v) is 7.89. The van der Waals surface area contributed by atoms with Gasteiger partial charge in [-0.1, -0.05) is 20.3 Å². The van der Waals surface area contributed by atoms with Crippen LogP contribution in [-0.2, 0) is 19.2 Å². The normalized spacial score (nSPS) is 41.8. The maximum atomic E-state index is 11.0. The summed E-state index contributed by atoms with van der Waals surface area (Å²) >= 11 is 0. The Labute approximate surface area is 158 Å². The van der Waals surface area contributed by atoms with Gasteiger partial charge < -0.3 is 20.0 Å². The lowest BCUT2D eigenvalue weighted by atomic mass is 9.72. The number of aldehydes is 1. The van der Waals surface area contributed by atoms with Crippen molar-refractivity contribution >= 4 is 6.29 Å². The standard InChI is InChI=1S/C18H30O3.CH5N.CH4O2/c1-11-4-7-15-13(3)17(8-9-19)21-18-16(15)10-14(11)6-5-12(2)20-18;1-2;1-3-2/h9,11-18H,4-8,10H2,1-3H3;2H2,1H3;2H,1H3/t11-,12?,13?,14?,15?,16?,17?,18?;;/m1../s1. The van der Waals surface area contributed by atoms with Crippen molar-refractivity contribution in [3.05, 3.63) is 0 Å². The summed E-state index contributed by atoms with van der Waals surface area (Å²) < 4.78 is 12.5. The average molecular weight is 374 g/mol. The molecule has 2 bridgehead atoms.